The molecule has 1 aromatic carbocycles. The summed E-state index contributed by atoms with van der Waals surface area (Å²) in [4.78, 5) is 32.8. The van der Waals surface area contributed by atoms with Crippen molar-refractivity contribution in [3.05, 3.63) is 30.1 Å². The van der Waals surface area contributed by atoms with Gasteiger partial charge in [-0.15, -0.1) is 0 Å². The van der Waals surface area contributed by atoms with E-state index in [4.69, 9.17) is 48.2 Å². The second-order valence-electron chi connectivity index (χ2n) is 10.6. The highest BCUT2D eigenvalue weighted by Crippen LogP contribution is 2.52. The Bertz CT molecular complexity index is 1470. The summed E-state index contributed by atoms with van der Waals surface area (Å²) in [7, 11) is -4.14. The fourth-order valence-corrected chi connectivity index (χ4v) is 5.33. The summed E-state index contributed by atoms with van der Waals surface area (Å²) >= 11 is 0. The highest BCUT2D eigenvalue weighted by atomic mass is 31.2. The number of pyridine rings is 1. The first-order valence-electron chi connectivity index (χ1n) is 14.2. The first kappa shape index (κ1) is 33.4. The number of nitrogens with zero attached hydrogens (tertiary/aromatic N) is 3. The van der Waals surface area contributed by atoms with Crippen LogP contribution in [0.3, 0.4) is 0 Å². The topological polar surface area (TPSA) is 182 Å². The Morgan fingerprint density at radius 1 is 1.00 bits per heavy atom. The number of nitrogens with two attached hydrogens (primary N) is 1. The number of carbonyl (C=O) groups excluding carboxylic acids is 2. The van der Waals surface area contributed by atoms with Crippen molar-refractivity contribution in [2.45, 2.75) is 78.4 Å². The molecule has 0 bridgehead atoms. The van der Waals surface area contributed by atoms with Gasteiger partial charge in [-0.1, -0.05) is 18.2 Å². The van der Waals surface area contributed by atoms with Crippen LogP contribution in [0.1, 0.15) is 53.3 Å². The average Bonchev–Trinajstić information content (AvgIpc) is 3.63. The maximum absolute atomic E-state index is 13.6. The van der Waals surface area contributed by atoms with Gasteiger partial charge in [-0.2, -0.15) is 0 Å². The van der Waals surface area contributed by atoms with E-state index in [0.29, 0.717) is 48.7 Å². The molecule has 44 heavy (non-hydrogen) atoms. The van der Waals surface area contributed by atoms with E-state index in [1.165, 1.54) is 0 Å². The Labute approximate surface area is 254 Å². The average molecular weight is 639 g/mol. The van der Waals surface area contributed by atoms with E-state index >= 15 is 0 Å². The van der Waals surface area contributed by atoms with Crippen molar-refractivity contribution in [1.82, 2.24) is 14.5 Å². The van der Waals surface area contributed by atoms with Crippen LogP contribution < -0.4 is 5.73 Å². The predicted molar refractivity (Wildman–Crippen MR) is 158 cm³/mol. The number of anilines is 1. The van der Waals surface area contributed by atoms with Crippen LogP contribution in [0.4, 0.5) is 15.4 Å². The van der Waals surface area contributed by atoms with Crippen molar-refractivity contribution in [2.24, 2.45) is 0 Å². The number of carbonyl (C=O) groups is 2. The second-order valence-corrected chi connectivity index (χ2v) is 12.6. The van der Waals surface area contributed by atoms with Gasteiger partial charge in [0.15, 0.2) is 5.82 Å². The second kappa shape index (κ2) is 14.5. The van der Waals surface area contributed by atoms with Gasteiger partial charge in [-0.05, 0) is 53.5 Å². The van der Waals surface area contributed by atoms with Gasteiger partial charge in [0.1, 0.15) is 24.3 Å². The number of para-hydroxylation sites is 1. The zero-order chi connectivity index (χ0) is 31.9. The van der Waals surface area contributed by atoms with Crippen LogP contribution in [0.15, 0.2) is 24.3 Å². The molecular weight excluding hydrogens is 599 g/mol. The Morgan fingerprint density at radius 2 is 1.61 bits per heavy atom. The normalized spacial score (nSPS) is 14.3. The molecule has 16 heteroatoms. The largest absolute Gasteiger partial charge is 0.510 e. The van der Waals surface area contributed by atoms with E-state index in [9.17, 15) is 14.2 Å². The lowest BCUT2D eigenvalue weighted by Gasteiger charge is -2.23. The SMILES string of the molecule is CCOCc1nc2c(N)nc3ccccc3c2n1CC1(OCP(=O)(OCOC(=O)OC(C)C)OCOC(=O)OC(C)C)CC1. The fourth-order valence-electron chi connectivity index (χ4n) is 4.24. The summed E-state index contributed by atoms with van der Waals surface area (Å²) in [6.45, 7) is 8.00. The van der Waals surface area contributed by atoms with Crippen LogP contribution in [-0.2, 0) is 55.2 Å². The Kier molecular flexibility index (Phi) is 11.0. The van der Waals surface area contributed by atoms with Crippen LogP contribution in [0.2, 0.25) is 0 Å². The molecule has 15 nitrogen and oxygen atoms in total. The summed E-state index contributed by atoms with van der Waals surface area (Å²) in [6.07, 6.45) is -2.16. The van der Waals surface area contributed by atoms with Crippen LogP contribution >= 0.6 is 7.60 Å². The molecule has 4 rings (SSSR count). The summed E-state index contributed by atoms with van der Waals surface area (Å²) in [5.74, 6) is 0.922. The minimum absolute atomic E-state index is 0.230. The summed E-state index contributed by atoms with van der Waals surface area (Å²) in [5.41, 5.74) is 7.58. The lowest BCUT2D eigenvalue weighted by atomic mass is 10.2. The molecule has 0 amide bonds. The van der Waals surface area contributed by atoms with Gasteiger partial charge in [-0.25, -0.2) is 19.6 Å². The summed E-state index contributed by atoms with van der Waals surface area (Å²) in [6, 6.07) is 7.60. The smallest absolute Gasteiger partial charge is 0.432 e. The van der Waals surface area contributed by atoms with E-state index in [0.717, 1.165) is 10.9 Å². The van der Waals surface area contributed by atoms with E-state index in [1.807, 2.05) is 35.8 Å². The molecule has 2 N–H and O–H groups in total. The number of ether oxygens (including phenoxy) is 6. The van der Waals surface area contributed by atoms with Gasteiger partial charge in [0, 0.05) is 12.0 Å². The molecule has 0 saturated heterocycles. The third kappa shape index (κ3) is 8.79. The minimum atomic E-state index is -4.14. The van der Waals surface area contributed by atoms with E-state index < -0.39 is 57.6 Å². The number of imidazole rings is 1. The van der Waals surface area contributed by atoms with E-state index in [2.05, 4.69) is 4.98 Å². The van der Waals surface area contributed by atoms with Crippen molar-refractivity contribution in [3.63, 3.8) is 0 Å². The molecular formula is C28H39N4O11P. The standard InChI is InChI=1S/C28H39N4O11P/c1-6-36-13-22-31-23-24(20-9-7-8-10-21(20)30-25(23)29)32(22)14-28(11-12-28)39-17-44(35,40-15-37-26(33)42-18(2)3)41-16-38-27(34)43-19(4)5/h7-10,18-19H,6,11-17H2,1-5H3,(H2,29,30). The van der Waals surface area contributed by atoms with Gasteiger partial charge in [0.25, 0.3) is 0 Å². The molecule has 242 valence electrons. The van der Waals surface area contributed by atoms with Crippen LogP contribution in [-0.4, -0.2) is 71.2 Å². The van der Waals surface area contributed by atoms with Crippen LogP contribution in [0.5, 0.6) is 0 Å². The van der Waals surface area contributed by atoms with Gasteiger partial charge >= 0.3 is 19.9 Å². The first-order valence-corrected chi connectivity index (χ1v) is 16.0. The third-order valence-electron chi connectivity index (χ3n) is 6.42. The molecule has 1 saturated carbocycles. The molecule has 0 atom stereocenters. The maximum Gasteiger partial charge on any atom is 0.510 e. The number of aromatic nitrogens is 3. The highest BCUT2D eigenvalue weighted by Gasteiger charge is 2.47. The number of hydrogen-bond donors (Lipinski definition) is 1. The number of benzene rings is 1. The Morgan fingerprint density at radius 3 is 2.18 bits per heavy atom. The number of fused-ring (bicyclic) bond motifs is 3. The van der Waals surface area contributed by atoms with Crippen molar-refractivity contribution in [3.8, 4) is 0 Å². The molecule has 1 aliphatic rings. The monoisotopic (exact) mass is 638 g/mol. The lowest BCUT2D eigenvalue weighted by Crippen LogP contribution is -2.25. The molecule has 0 unspecified atom stereocenters. The predicted octanol–water partition coefficient (Wildman–Crippen LogP) is 5.47. The van der Waals surface area contributed by atoms with Gasteiger partial charge in [0.2, 0.25) is 13.6 Å². The maximum atomic E-state index is 13.6. The molecule has 0 radical (unpaired) electrons. The molecule has 0 aliphatic heterocycles. The summed E-state index contributed by atoms with van der Waals surface area (Å²) in [5, 5.41) is 0.857. The first-order chi connectivity index (χ1) is 20.9. The Balaban J connectivity index is 1.53. The zero-order valence-corrected chi connectivity index (χ0v) is 26.4. The number of hydrogen-bond acceptors (Lipinski definition) is 14. The molecule has 3 aromatic rings. The lowest BCUT2D eigenvalue weighted by molar-refractivity contribution is -0.0395. The molecule has 1 aliphatic carbocycles. The molecule has 2 heterocycles. The summed E-state index contributed by atoms with van der Waals surface area (Å²) < 4.78 is 57.6. The van der Waals surface area contributed by atoms with Gasteiger partial charge in [-0.3, -0.25) is 13.6 Å². The third-order valence-corrected chi connectivity index (χ3v) is 7.87. The van der Waals surface area contributed by atoms with Crippen molar-refractivity contribution in [1.29, 1.82) is 0 Å². The van der Waals surface area contributed by atoms with E-state index in [-0.39, 0.29) is 6.61 Å². The zero-order valence-electron chi connectivity index (χ0n) is 25.5. The van der Waals surface area contributed by atoms with Crippen LogP contribution in [0.25, 0.3) is 21.9 Å². The Hall–Kier alpha value is -3.49. The number of rotatable bonds is 16. The van der Waals surface area contributed by atoms with E-state index in [1.54, 1.807) is 27.7 Å². The molecule has 2 aromatic heterocycles. The van der Waals surface area contributed by atoms with Crippen molar-refractivity contribution in [2.75, 3.05) is 32.3 Å². The quantitative estimate of drug-likeness (QED) is 0.118. The minimum Gasteiger partial charge on any atom is -0.432 e. The fraction of sp³-hybridized carbons (Fsp3) is 0.571. The highest BCUT2D eigenvalue weighted by molar-refractivity contribution is 7.53. The van der Waals surface area contributed by atoms with Crippen molar-refractivity contribution < 1.29 is 51.6 Å². The number of nitrogen functional groups attached to an aromatic ring is 1. The van der Waals surface area contributed by atoms with Gasteiger partial charge in [0.05, 0.1) is 35.4 Å². The van der Waals surface area contributed by atoms with Gasteiger partial charge < -0.3 is 38.7 Å². The molecule has 0 spiro atoms. The van der Waals surface area contributed by atoms with Crippen LogP contribution in [0, 0.1) is 0 Å². The van der Waals surface area contributed by atoms with Crippen molar-refractivity contribution >= 4 is 47.7 Å². The molecule has 1 fully saturated rings.